The molecule has 6 heteroatoms. The molecule has 0 bridgehead atoms. The van der Waals surface area contributed by atoms with E-state index in [9.17, 15) is 14.4 Å². The number of unbranched alkanes of at least 4 members (excludes halogenated alkanes) is 18. The molecule has 0 radical (unpaired) electrons. The molecule has 0 rings (SSSR count). The van der Waals surface area contributed by atoms with Gasteiger partial charge >= 0.3 is 17.9 Å². The van der Waals surface area contributed by atoms with E-state index < -0.39 is 6.10 Å². The summed E-state index contributed by atoms with van der Waals surface area (Å²) in [6.45, 7) is 6.32. The third-order valence-corrected chi connectivity index (χ3v) is 12.3. The Hall–Kier alpha value is -4.71. The summed E-state index contributed by atoms with van der Waals surface area (Å²) in [5, 5.41) is 0. The molecule has 75 heavy (non-hydrogen) atoms. The summed E-state index contributed by atoms with van der Waals surface area (Å²) in [6.07, 6.45) is 88.7. The molecule has 0 aromatic rings. The lowest BCUT2D eigenvalue weighted by Gasteiger charge is -2.18. The van der Waals surface area contributed by atoms with Gasteiger partial charge in [0.15, 0.2) is 6.10 Å². The van der Waals surface area contributed by atoms with Gasteiger partial charge in [0.25, 0.3) is 0 Å². The highest BCUT2D eigenvalue weighted by molar-refractivity contribution is 5.71. The van der Waals surface area contributed by atoms with Gasteiger partial charge in [-0.25, -0.2) is 0 Å². The van der Waals surface area contributed by atoms with E-state index in [2.05, 4.69) is 167 Å². The zero-order valence-corrected chi connectivity index (χ0v) is 48.3. The van der Waals surface area contributed by atoms with Crippen LogP contribution in [0.15, 0.2) is 146 Å². The van der Waals surface area contributed by atoms with Crippen LogP contribution in [-0.2, 0) is 28.6 Å². The molecule has 0 saturated heterocycles. The van der Waals surface area contributed by atoms with Crippen LogP contribution < -0.4 is 0 Å². The van der Waals surface area contributed by atoms with Gasteiger partial charge in [0.05, 0.1) is 0 Å². The molecule has 0 aromatic carbocycles. The van der Waals surface area contributed by atoms with Gasteiger partial charge in [-0.05, 0) is 122 Å². The van der Waals surface area contributed by atoms with E-state index in [4.69, 9.17) is 14.2 Å². The third-order valence-electron chi connectivity index (χ3n) is 12.3. The average molecular weight is 1040 g/mol. The molecule has 0 fully saturated rings. The van der Waals surface area contributed by atoms with E-state index in [0.717, 1.165) is 128 Å². The van der Waals surface area contributed by atoms with Crippen LogP contribution in [0.2, 0.25) is 0 Å². The van der Waals surface area contributed by atoms with Crippen LogP contribution in [0, 0.1) is 0 Å². The molecular formula is C69H110O6. The second kappa shape index (κ2) is 61.8. The van der Waals surface area contributed by atoms with Gasteiger partial charge in [0, 0.05) is 19.3 Å². The monoisotopic (exact) mass is 1030 g/mol. The fraction of sp³-hybridized carbons (Fsp3) is 0.609. The Morgan fingerprint density at radius 1 is 0.280 bits per heavy atom. The average Bonchev–Trinajstić information content (AvgIpc) is 3.41. The molecule has 0 aliphatic heterocycles. The molecular weight excluding hydrogens is 925 g/mol. The van der Waals surface area contributed by atoms with Gasteiger partial charge in [-0.2, -0.15) is 0 Å². The Kier molecular flexibility index (Phi) is 58.0. The first kappa shape index (κ1) is 70.3. The highest BCUT2D eigenvalue weighted by Crippen LogP contribution is 2.14. The minimum absolute atomic E-state index is 0.0978. The van der Waals surface area contributed by atoms with Crippen LogP contribution in [0.3, 0.4) is 0 Å². The highest BCUT2D eigenvalue weighted by atomic mass is 16.6. The lowest BCUT2D eigenvalue weighted by atomic mass is 10.0. The highest BCUT2D eigenvalue weighted by Gasteiger charge is 2.19. The summed E-state index contributed by atoms with van der Waals surface area (Å²) in [5.74, 6) is -0.959. The van der Waals surface area contributed by atoms with Gasteiger partial charge in [0.2, 0.25) is 0 Å². The number of hydrogen-bond donors (Lipinski definition) is 0. The van der Waals surface area contributed by atoms with Gasteiger partial charge in [0.1, 0.15) is 13.2 Å². The molecule has 0 amide bonds. The van der Waals surface area contributed by atoms with E-state index in [-0.39, 0.29) is 31.1 Å². The van der Waals surface area contributed by atoms with E-state index in [1.807, 2.05) is 0 Å². The maximum atomic E-state index is 12.8. The van der Waals surface area contributed by atoms with E-state index in [0.29, 0.717) is 25.7 Å². The fourth-order valence-electron chi connectivity index (χ4n) is 7.86. The second-order valence-electron chi connectivity index (χ2n) is 19.5. The molecule has 0 N–H and O–H groups in total. The largest absolute Gasteiger partial charge is 0.462 e. The molecule has 0 aliphatic rings. The first-order valence-corrected chi connectivity index (χ1v) is 30.3. The van der Waals surface area contributed by atoms with Crippen LogP contribution in [0.5, 0.6) is 0 Å². The number of ether oxygens (including phenoxy) is 3. The molecule has 0 aromatic heterocycles. The maximum absolute atomic E-state index is 12.8. The standard InChI is InChI=1S/C69H110O6/c1-4-7-10-13-16-18-20-22-24-26-28-30-32-33-34-35-37-38-40-42-44-46-48-50-53-56-59-62-68(71)74-65-66(64-73-67(70)61-58-55-52-15-12-9-6-3)75-69(72)63-60-57-54-51-49-47-45-43-41-39-36-31-29-27-25-23-21-19-17-14-11-8-5-2/h7-8,10-11,16-19,22-25,28-31,33-34,37-38,42,44,48,50,66H,4-6,9,12-15,20-21,26-27,32,35-36,39-41,43,45-47,49,51-65H2,1-3H3/b10-7-,11-8-,18-16-,19-17-,24-22-,25-23-,30-28-,31-29-,34-33-,38-37-,44-42-,50-48-. The molecule has 0 heterocycles. The molecule has 6 nitrogen and oxygen atoms in total. The number of rotatable bonds is 53. The van der Waals surface area contributed by atoms with Crippen LogP contribution in [0.1, 0.15) is 252 Å². The van der Waals surface area contributed by atoms with Crippen molar-refractivity contribution < 1.29 is 28.6 Å². The Balaban J connectivity index is 4.30. The first-order chi connectivity index (χ1) is 37.0. The van der Waals surface area contributed by atoms with Gasteiger partial charge in [-0.15, -0.1) is 0 Å². The Labute approximate surface area is 461 Å². The second-order valence-corrected chi connectivity index (χ2v) is 19.5. The smallest absolute Gasteiger partial charge is 0.306 e. The number of hydrogen-bond acceptors (Lipinski definition) is 6. The predicted octanol–water partition coefficient (Wildman–Crippen LogP) is 20.8. The minimum atomic E-state index is -0.802. The lowest BCUT2D eigenvalue weighted by molar-refractivity contribution is -0.167. The third kappa shape index (κ3) is 60.0. The molecule has 1 atom stereocenters. The predicted molar refractivity (Wildman–Crippen MR) is 325 cm³/mol. The van der Waals surface area contributed by atoms with Crippen molar-refractivity contribution in [2.24, 2.45) is 0 Å². The van der Waals surface area contributed by atoms with Crippen molar-refractivity contribution in [3.63, 3.8) is 0 Å². The van der Waals surface area contributed by atoms with Gasteiger partial charge < -0.3 is 14.2 Å². The summed E-state index contributed by atoms with van der Waals surface area (Å²) in [4.78, 5) is 38.0. The Morgan fingerprint density at radius 2 is 0.520 bits per heavy atom. The first-order valence-electron chi connectivity index (χ1n) is 30.3. The van der Waals surface area contributed by atoms with Gasteiger partial charge in [-0.1, -0.05) is 256 Å². The Bertz CT molecular complexity index is 1660. The maximum Gasteiger partial charge on any atom is 0.306 e. The summed E-state index contributed by atoms with van der Waals surface area (Å²) in [5.41, 5.74) is 0. The molecule has 422 valence electrons. The van der Waals surface area contributed by atoms with Crippen molar-refractivity contribution >= 4 is 17.9 Å². The zero-order valence-electron chi connectivity index (χ0n) is 48.3. The van der Waals surface area contributed by atoms with Crippen molar-refractivity contribution in [1.29, 1.82) is 0 Å². The van der Waals surface area contributed by atoms with E-state index >= 15 is 0 Å². The van der Waals surface area contributed by atoms with Crippen LogP contribution >= 0.6 is 0 Å². The minimum Gasteiger partial charge on any atom is -0.462 e. The molecule has 0 saturated carbocycles. The topological polar surface area (TPSA) is 78.9 Å². The van der Waals surface area contributed by atoms with Crippen molar-refractivity contribution in [1.82, 2.24) is 0 Å². The lowest BCUT2D eigenvalue weighted by Crippen LogP contribution is -2.30. The van der Waals surface area contributed by atoms with Crippen LogP contribution in [0.4, 0.5) is 0 Å². The fourth-order valence-corrected chi connectivity index (χ4v) is 7.86. The zero-order chi connectivity index (χ0) is 54.3. The van der Waals surface area contributed by atoms with Crippen molar-refractivity contribution in [3.8, 4) is 0 Å². The van der Waals surface area contributed by atoms with Crippen molar-refractivity contribution in [2.45, 2.75) is 258 Å². The molecule has 0 aliphatic carbocycles. The molecule has 1 unspecified atom stereocenters. The summed E-state index contributed by atoms with van der Waals surface area (Å²) >= 11 is 0. The summed E-state index contributed by atoms with van der Waals surface area (Å²) in [6, 6.07) is 0. The van der Waals surface area contributed by atoms with Crippen LogP contribution in [0.25, 0.3) is 0 Å². The Morgan fingerprint density at radius 3 is 0.840 bits per heavy atom. The van der Waals surface area contributed by atoms with Gasteiger partial charge in [-0.3, -0.25) is 14.4 Å². The summed E-state index contributed by atoms with van der Waals surface area (Å²) in [7, 11) is 0. The number of esters is 3. The molecule has 0 spiro atoms. The SMILES string of the molecule is CC/C=C\C/C=C\C/C=C\C/C=C\C/C=C\C/C=C\C/C=C\C/C=C\CCCCC(=O)OCC(COC(=O)CCCCCCCCC)OC(=O)CCCCCCCCCCCC/C=C\C/C=C\C/C=C\C/C=C\CC. The number of carbonyl (C=O) groups excluding carboxylic acids is 3. The number of carbonyl (C=O) groups is 3. The van der Waals surface area contributed by atoms with E-state index in [1.54, 1.807) is 0 Å². The van der Waals surface area contributed by atoms with Crippen LogP contribution in [-0.4, -0.2) is 37.2 Å². The quantitative estimate of drug-likeness (QED) is 0.0261. The number of allylic oxidation sites excluding steroid dienone is 24. The van der Waals surface area contributed by atoms with E-state index in [1.165, 1.54) is 77.0 Å². The normalized spacial score (nSPS) is 13.2. The summed E-state index contributed by atoms with van der Waals surface area (Å²) < 4.78 is 16.8. The van der Waals surface area contributed by atoms with Crippen molar-refractivity contribution in [3.05, 3.63) is 146 Å². The van der Waals surface area contributed by atoms with Crippen molar-refractivity contribution in [2.75, 3.05) is 13.2 Å².